The van der Waals surface area contributed by atoms with Gasteiger partial charge in [0.25, 0.3) is 26.1 Å². The van der Waals surface area contributed by atoms with Crippen molar-refractivity contribution in [2.75, 3.05) is 16.9 Å². The van der Waals surface area contributed by atoms with Crippen LogP contribution in [0.3, 0.4) is 0 Å². The van der Waals surface area contributed by atoms with Crippen molar-refractivity contribution >= 4 is 64.0 Å². The Morgan fingerprint density at radius 1 is 0.939 bits per heavy atom. The Labute approximate surface area is 194 Å². The molecule has 0 unspecified atom stereocenters. The molecule has 0 spiro atoms. The van der Waals surface area contributed by atoms with E-state index in [1.54, 1.807) is 0 Å². The third kappa shape index (κ3) is 5.69. The molecule has 0 aliphatic heterocycles. The highest BCUT2D eigenvalue weighted by Gasteiger charge is 2.20. The fourth-order valence-corrected chi connectivity index (χ4v) is 5.57. The molecule has 3 aromatic carbocycles. The molecule has 175 valence electrons. The molecule has 3 rings (SSSR count). The van der Waals surface area contributed by atoms with Crippen molar-refractivity contribution in [3.05, 3.63) is 60.2 Å². The summed E-state index contributed by atoms with van der Waals surface area (Å²) in [4.78, 5) is 11.3. The van der Waals surface area contributed by atoms with Crippen molar-refractivity contribution < 1.29 is 39.2 Å². The topological polar surface area (TPSA) is 172 Å². The van der Waals surface area contributed by atoms with Gasteiger partial charge >= 0.3 is 0 Å². The summed E-state index contributed by atoms with van der Waals surface area (Å²) in [6.45, 7) is 0. The number of rotatable bonds is 7. The van der Waals surface area contributed by atoms with Crippen LogP contribution >= 0.6 is 11.6 Å². The lowest BCUT2D eigenvalue weighted by molar-refractivity contribution is 0.102. The quantitative estimate of drug-likeness (QED) is 0.305. The van der Waals surface area contributed by atoms with E-state index in [1.165, 1.54) is 18.2 Å². The van der Waals surface area contributed by atoms with E-state index < -0.39 is 45.8 Å². The number of carbonyl (C=O) groups excluding carboxylic acids is 1. The number of amides is 1. The standard InChI is InChI=1S/C19H15ClNO9S3/c20-6-7-31(23,24)14-3-1-2-12(8-14)19(22)21-18-11-16(33(28,29)30)10-13-9-15(32(25,26)27)4-5-17(13)18/h1-3,5,8-11H,6-7H2,(H,21,22)(H,25,26,27)(H,28,29,30). The summed E-state index contributed by atoms with van der Waals surface area (Å²) >= 11 is 5.51. The number of hydrogen-bond donors (Lipinski definition) is 3. The molecule has 0 aliphatic carbocycles. The van der Waals surface area contributed by atoms with Crippen molar-refractivity contribution in [3.63, 3.8) is 0 Å². The lowest BCUT2D eigenvalue weighted by Crippen LogP contribution is -2.15. The first kappa shape index (κ1) is 25.1. The molecule has 33 heavy (non-hydrogen) atoms. The summed E-state index contributed by atoms with van der Waals surface area (Å²) in [6, 6.07) is 11.3. The molecule has 0 saturated carbocycles. The number of halogens is 1. The van der Waals surface area contributed by atoms with E-state index in [2.05, 4.69) is 11.4 Å². The number of fused-ring (bicyclic) bond motifs is 1. The summed E-state index contributed by atoms with van der Waals surface area (Å²) in [6.07, 6.45) is 0. The lowest BCUT2D eigenvalue weighted by Gasteiger charge is -2.12. The zero-order valence-electron chi connectivity index (χ0n) is 16.4. The molecule has 14 heteroatoms. The van der Waals surface area contributed by atoms with E-state index in [0.29, 0.717) is 0 Å². The molecule has 0 bridgehead atoms. The fraction of sp³-hybridized carbons (Fsp3) is 0.105. The number of sulfone groups is 1. The highest BCUT2D eigenvalue weighted by atomic mass is 35.5. The van der Waals surface area contributed by atoms with Crippen molar-refractivity contribution in [1.29, 1.82) is 0 Å². The van der Waals surface area contributed by atoms with Gasteiger partial charge in [-0.1, -0.05) is 6.07 Å². The van der Waals surface area contributed by atoms with Crippen LogP contribution in [-0.2, 0) is 30.1 Å². The van der Waals surface area contributed by atoms with Crippen LogP contribution < -0.4 is 5.32 Å². The van der Waals surface area contributed by atoms with Gasteiger partial charge in [-0.05, 0) is 47.9 Å². The summed E-state index contributed by atoms with van der Waals surface area (Å²) in [5.41, 5.74) is -0.216. The van der Waals surface area contributed by atoms with Gasteiger partial charge < -0.3 is 5.32 Å². The highest BCUT2D eigenvalue weighted by molar-refractivity contribution is 7.91. The number of anilines is 1. The van der Waals surface area contributed by atoms with Gasteiger partial charge in [0, 0.05) is 22.9 Å². The molecule has 3 N–H and O–H groups in total. The van der Waals surface area contributed by atoms with Gasteiger partial charge in [-0.25, -0.2) is 8.42 Å². The first-order chi connectivity index (χ1) is 15.2. The van der Waals surface area contributed by atoms with Crippen molar-refractivity contribution in [2.24, 2.45) is 0 Å². The molecule has 1 radical (unpaired) electrons. The van der Waals surface area contributed by atoms with E-state index in [0.717, 1.165) is 30.3 Å². The van der Waals surface area contributed by atoms with Gasteiger partial charge in [0.05, 0.1) is 21.2 Å². The van der Waals surface area contributed by atoms with Crippen LogP contribution in [-0.4, -0.2) is 51.9 Å². The predicted octanol–water partition coefficient (Wildman–Crippen LogP) is 2.40. The fourth-order valence-electron chi connectivity index (χ4n) is 2.90. The first-order valence-corrected chi connectivity index (χ1v) is 13.9. The molecule has 0 atom stereocenters. The Hall–Kier alpha value is -2.55. The minimum absolute atomic E-state index is 0.0507. The summed E-state index contributed by atoms with van der Waals surface area (Å²) in [5.74, 6) is -1.30. The van der Waals surface area contributed by atoms with E-state index in [-0.39, 0.29) is 38.6 Å². The monoisotopic (exact) mass is 532 g/mol. The highest BCUT2D eigenvalue weighted by Crippen LogP contribution is 2.30. The molecule has 0 aromatic heterocycles. The van der Waals surface area contributed by atoms with Crippen LogP contribution in [0.25, 0.3) is 10.8 Å². The Kier molecular flexibility index (Phi) is 6.84. The summed E-state index contributed by atoms with van der Waals surface area (Å²) in [5, 5.41) is 2.50. The van der Waals surface area contributed by atoms with Crippen LogP contribution in [0.15, 0.2) is 63.2 Å². The van der Waals surface area contributed by atoms with Gasteiger partial charge in [0.1, 0.15) is 4.90 Å². The van der Waals surface area contributed by atoms with Gasteiger partial charge in [-0.2, -0.15) is 16.8 Å². The minimum Gasteiger partial charge on any atom is -0.321 e. The van der Waals surface area contributed by atoms with Crippen LogP contribution in [0.2, 0.25) is 0 Å². The molecule has 0 heterocycles. The Morgan fingerprint density at radius 3 is 2.24 bits per heavy atom. The molecule has 0 aliphatic rings. The molecule has 0 fully saturated rings. The molecular weight excluding hydrogens is 518 g/mol. The first-order valence-electron chi connectivity index (χ1n) is 8.87. The van der Waals surface area contributed by atoms with Crippen LogP contribution in [0.1, 0.15) is 10.4 Å². The van der Waals surface area contributed by atoms with E-state index in [4.69, 9.17) is 11.6 Å². The van der Waals surface area contributed by atoms with Crippen molar-refractivity contribution in [3.8, 4) is 0 Å². The molecule has 3 aromatic rings. The second kappa shape index (κ2) is 9.00. The summed E-state index contributed by atoms with van der Waals surface area (Å²) < 4.78 is 89.2. The maximum absolute atomic E-state index is 12.8. The third-order valence-electron chi connectivity index (χ3n) is 4.46. The zero-order chi connectivity index (χ0) is 24.6. The zero-order valence-corrected chi connectivity index (χ0v) is 19.6. The smallest absolute Gasteiger partial charge is 0.295 e. The average Bonchev–Trinajstić information content (AvgIpc) is 2.72. The number of nitrogens with one attached hydrogen (secondary N) is 1. The summed E-state index contributed by atoms with van der Waals surface area (Å²) in [7, 11) is -13.2. The van der Waals surface area contributed by atoms with Gasteiger partial charge in [-0.15, -0.1) is 11.6 Å². The van der Waals surface area contributed by atoms with E-state index in [1.807, 2.05) is 0 Å². The normalized spacial score (nSPS) is 12.6. The van der Waals surface area contributed by atoms with Crippen LogP contribution in [0.4, 0.5) is 5.69 Å². The maximum Gasteiger partial charge on any atom is 0.295 e. The second-order valence-corrected chi connectivity index (χ2v) is 12.0. The van der Waals surface area contributed by atoms with Gasteiger partial charge in [0.2, 0.25) is 0 Å². The van der Waals surface area contributed by atoms with E-state index >= 15 is 0 Å². The number of benzene rings is 3. The number of carbonyl (C=O) groups is 1. The second-order valence-electron chi connectivity index (χ2n) is 6.71. The average molecular weight is 533 g/mol. The van der Waals surface area contributed by atoms with Crippen LogP contribution in [0.5, 0.6) is 0 Å². The number of hydrogen-bond acceptors (Lipinski definition) is 7. The molecule has 10 nitrogen and oxygen atoms in total. The Morgan fingerprint density at radius 2 is 1.64 bits per heavy atom. The van der Waals surface area contributed by atoms with Gasteiger partial charge in [-0.3, -0.25) is 13.9 Å². The van der Waals surface area contributed by atoms with Crippen LogP contribution in [0, 0.1) is 6.07 Å². The minimum atomic E-state index is -4.76. The Balaban J connectivity index is 2.11. The number of alkyl halides is 1. The predicted molar refractivity (Wildman–Crippen MR) is 120 cm³/mol. The largest absolute Gasteiger partial charge is 0.321 e. The molecule has 1 amide bonds. The molecular formula is C19H15ClNO9S3. The Bertz CT molecular complexity index is 1580. The van der Waals surface area contributed by atoms with Gasteiger partial charge in [0.15, 0.2) is 9.84 Å². The van der Waals surface area contributed by atoms with Crippen molar-refractivity contribution in [2.45, 2.75) is 14.7 Å². The van der Waals surface area contributed by atoms with E-state index in [9.17, 15) is 39.2 Å². The SMILES string of the molecule is O=C(Nc1cc(S(=O)(=O)O)cc2cc(S(=O)(=O)O)[c]cc12)c1cccc(S(=O)(=O)CCCl)c1. The lowest BCUT2D eigenvalue weighted by atomic mass is 10.1. The maximum atomic E-state index is 12.8. The molecule has 0 saturated heterocycles. The third-order valence-corrected chi connectivity index (χ3v) is 8.21. The van der Waals surface area contributed by atoms with Crippen molar-refractivity contribution in [1.82, 2.24) is 0 Å².